The highest BCUT2D eigenvalue weighted by molar-refractivity contribution is 7.99. The maximum Gasteiger partial charge on any atom is 0.257 e. The van der Waals surface area contributed by atoms with Crippen LogP contribution >= 0.6 is 23.1 Å². The summed E-state index contributed by atoms with van der Waals surface area (Å²) < 4.78 is 6.85. The predicted octanol–water partition coefficient (Wildman–Crippen LogP) is 3.19. The zero-order valence-corrected chi connectivity index (χ0v) is 16.5. The molecule has 4 rings (SSSR count). The van der Waals surface area contributed by atoms with Crippen LogP contribution in [0.1, 0.15) is 18.2 Å². The van der Waals surface area contributed by atoms with E-state index in [1.54, 1.807) is 22.0 Å². The standard InChI is InChI=1S/C18H18N4O3S2/c1-3-12-10(2)19-18-22(17(12)24)8-11(9-27-18)16(23)20-15-7-13(21-25-15)14-5-4-6-26-14/h4-7,11H,3,8-9H2,1-2H3,(H,20,23). The van der Waals surface area contributed by atoms with Gasteiger partial charge in [0.1, 0.15) is 5.69 Å². The molecule has 0 aliphatic carbocycles. The Hall–Kier alpha value is -2.39. The van der Waals surface area contributed by atoms with E-state index >= 15 is 0 Å². The quantitative estimate of drug-likeness (QED) is 0.674. The van der Waals surface area contributed by atoms with Crippen molar-refractivity contribution in [2.75, 3.05) is 11.1 Å². The predicted molar refractivity (Wildman–Crippen MR) is 105 cm³/mol. The van der Waals surface area contributed by atoms with Crippen LogP contribution in [0.4, 0.5) is 5.88 Å². The molecule has 7 nitrogen and oxygen atoms in total. The van der Waals surface area contributed by atoms with Gasteiger partial charge in [0.2, 0.25) is 11.8 Å². The average molecular weight is 403 g/mol. The minimum absolute atomic E-state index is 0.0513. The molecule has 9 heteroatoms. The number of nitrogens with zero attached hydrogens (tertiary/aromatic N) is 3. The molecule has 1 aliphatic rings. The van der Waals surface area contributed by atoms with Crippen LogP contribution in [0.3, 0.4) is 0 Å². The number of thioether (sulfide) groups is 1. The Labute approximate surface area is 163 Å². The first-order valence-corrected chi connectivity index (χ1v) is 10.5. The Morgan fingerprint density at radius 2 is 2.33 bits per heavy atom. The molecule has 3 aromatic heterocycles. The second kappa shape index (κ2) is 7.32. The Morgan fingerprint density at radius 1 is 1.48 bits per heavy atom. The van der Waals surface area contributed by atoms with Crippen LogP contribution in [0.15, 0.2) is 38.1 Å². The van der Waals surface area contributed by atoms with Crippen LogP contribution in [-0.4, -0.2) is 26.4 Å². The molecule has 0 bridgehead atoms. The smallest absolute Gasteiger partial charge is 0.257 e. The molecule has 1 aliphatic heterocycles. The van der Waals surface area contributed by atoms with Crippen LogP contribution in [-0.2, 0) is 17.8 Å². The van der Waals surface area contributed by atoms with E-state index in [0.717, 1.165) is 10.6 Å². The number of aryl methyl sites for hydroxylation is 1. The molecular formula is C18H18N4O3S2. The lowest BCUT2D eigenvalue weighted by Crippen LogP contribution is -2.38. The number of rotatable bonds is 4. The number of hydrogen-bond donors (Lipinski definition) is 1. The lowest BCUT2D eigenvalue weighted by molar-refractivity contribution is -0.119. The summed E-state index contributed by atoms with van der Waals surface area (Å²) in [6.45, 7) is 4.11. The maximum absolute atomic E-state index is 12.7. The molecule has 0 spiro atoms. The van der Waals surface area contributed by atoms with Crippen molar-refractivity contribution in [3.05, 3.63) is 45.2 Å². The van der Waals surface area contributed by atoms with Gasteiger partial charge in [-0.2, -0.15) is 0 Å². The van der Waals surface area contributed by atoms with E-state index in [-0.39, 0.29) is 17.4 Å². The summed E-state index contributed by atoms with van der Waals surface area (Å²) in [6, 6.07) is 5.58. The van der Waals surface area contributed by atoms with Crippen LogP contribution in [0, 0.1) is 12.8 Å². The Kier molecular flexibility index (Phi) is 4.88. The van der Waals surface area contributed by atoms with Gasteiger partial charge in [0.05, 0.1) is 10.8 Å². The number of anilines is 1. The lowest BCUT2D eigenvalue weighted by atomic mass is 10.1. The summed E-state index contributed by atoms with van der Waals surface area (Å²) in [6.07, 6.45) is 0.628. The van der Waals surface area contributed by atoms with Crippen molar-refractivity contribution in [2.24, 2.45) is 5.92 Å². The summed E-state index contributed by atoms with van der Waals surface area (Å²) in [5.41, 5.74) is 2.11. The van der Waals surface area contributed by atoms with Crippen LogP contribution in [0.5, 0.6) is 0 Å². The van der Waals surface area contributed by atoms with E-state index in [4.69, 9.17) is 4.52 Å². The number of aromatic nitrogens is 3. The molecular weight excluding hydrogens is 384 g/mol. The molecule has 1 unspecified atom stereocenters. The van der Waals surface area contributed by atoms with Gasteiger partial charge in [0.15, 0.2) is 5.16 Å². The minimum Gasteiger partial charge on any atom is -0.338 e. The first-order chi connectivity index (χ1) is 13.1. The third-order valence-corrected chi connectivity index (χ3v) is 6.54. The molecule has 27 heavy (non-hydrogen) atoms. The van der Waals surface area contributed by atoms with Crippen molar-refractivity contribution >= 4 is 34.9 Å². The van der Waals surface area contributed by atoms with Gasteiger partial charge in [0.25, 0.3) is 5.56 Å². The molecule has 0 saturated carbocycles. The van der Waals surface area contributed by atoms with Gasteiger partial charge in [-0.15, -0.1) is 11.3 Å². The molecule has 140 valence electrons. The molecule has 0 fully saturated rings. The van der Waals surface area contributed by atoms with Crippen LogP contribution in [0.25, 0.3) is 10.6 Å². The SMILES string of the molecule is CCc1c(C)nc2n(c1=O)CC(C(=O)Nc1cc(-c3cccs3)no1)CS2. The molecule has 0 aromatic carbocycles. The van der Waals surface area contributed by atoms with Gasteiger partial charge < -0.3 is 4.52 Å². The highest BCUT2D eigenvalue weighted by Gasteiger charge is 2.28. The van der Waals surface area contributed by atoms with Crippen LogP contribution in [0.2, 0.25) is 0 Å². The average Bonchev–Trinajstić information content (AvgIpc) is 3.33. The maximum atomic E-state index is 12.7. The van der Waals surface area contributed by atoms with E-state index in [1.165, 1.54) is 11.8 Å². The van der Waals surface area contributed by atoms with Gasteiger partial charge in [0, 0.05) is 29.6 Å². The molecule has 4 heterocycles. The van der Waals surface area contributed by atoms with Gasteiger partial charge in [-0.1, -0.05) is 29.9 Å². The van der Waals surface area contributed by atoms with Gasteiger partial charge in [-0.25, -0.2) is 4.98 Å². The number of nitrogens with one attached hydrogen (secondary N) is 1. The number of thiophene rings is 1. The largest absolute Gasteiger partial charge is 0.338 e. The van der Waals surface area contributed by atoms with E-state index in [2.05, 4.69) is 15.5 Å². The highest BCUT2D eigenvalue weighted by atomic mass is 32.2. The summed E-state index contributed by atoms with van der Waals surface area (Å²) in [5.74, 6) is 0.342. The van der Waals surface area contributed by atoms with E-state index in [9.17, 15) is 9.59 Å². The Bertz CT molecular complexity index is 1040. The van der Waals surface area contributed by atoms with E-state index in [0.29, 0.717) is 41.0 Å². The first-order valence-electron chi connectivity index (χ1n) is 8.61. The zero-order valence-electron chi connectivity index (χ0n) is 14.9. The fourth-order valence-corrected chi connectivity index (χ4v) is 4.86. The summed E-state index contributed by atoms with van der Waals surface area (Å²) in [7, 11) is 0. The summed E-state index contributed by atoms with van der Waals surface area (Å²) in [4.78, 5) is 30.8. The molecule has 1 amide bonds. The number of fused-ring (bicyclic) bond motifs is 1. The zero-order chi connectivity index (χ0) is 19.0. The van der Waals surface area contributed by atoms with Gasteiger partial charge in [-0.05, 0) is 24.8 Å². The normalized spacial score (nSPS) is 16.1. The summed E-state index contributed by atoms with van der Waals surface area (Å²) in [5, 5.41) is 9.40. The second-order valence-corrected chi connectivity index (χ2v) is 8.21. The fourth-order valence-electron chi connectivity index (χ4n) is 3.06. The van der Waals surface area contributed by atoms with E-state index in [1.807, 2.05) is 31.4 Å². The van der Waals surface area contributed by atoms with E-state index < -0.39 is 0 Å². The lowest BCUT2D eigenvalue weighted by Gasteiger charge is -2.24. The van der Waals surface area contributed by atoms with Crippen molar-refractivity contribution in [2.45, 2.75) is 32.0 Å². The molecule has 1 atom stereocenters. The molecule has 1 N–H and O–H groups in total. The van der Waals surface area contributed by atoms with Gasteiger partial charge >= 0.3 is 0 Å². The highest BCUT2D eigenvalue weighted by Crippen LogP contribution is 2.28. The topological polar surface area (TPSA) is 90.0 Å². The third kappa shape index (κ3) is 3.44. The van der Waals surface area contributed by atoms with Crippen molar-refractivity contribution < 1.29 is 9.32 Å². The van der Waals surface area contributed by atoms with Gasteiger partial charge in [-0.3, -0.25) is 19.5 Å². The monoisotopic (exact) mass is 402 g/mol. The fraction of sp³-hybridized carbons (Fsp3) is 0.333. The molecule has 0 saturated heterocycles. The number of carbonyl (C=O) groups is 1. The molecule has 0 radical (unpaired) electrons. The van der Waals surface area contributed by atoms with Crippen molar-refractivity contribution in [3.8, 4) is 10.6 Å². The van der Waals surface area contributed by atoms with Crippen molar-refractivity contribution in [1.29, 1.82) is 0 Å². The Morgan fingerprint density at radius 3 is 3.07 bits per heavy atom. The van der Waals surface area contributed by atoms with Crippen molar-refractivity contribution in [3.63, 3.8) is 0 Å². The number of amides is 1. The first kappa shape index (κ1) is 18.0. The summed E-state index contributed by atoms with van der Waals surface area (Å²) >= 11 is 2.98. The van der Waals surface area contributed by atoms with Crippen molar-refractivity contribution in [1.82, 2.24) is 14.7 Å². The second-order valence-electron chi connectivity index (χ2n) is 6.28. The van der Waals surface area contributed by atoms with Crippen LogP contribution < -0.4 is 10.9 Å². The molecule has 3 aromatic rings. The Balaban J connectivity index is 1.51. The minimum atomic E-state index is -0.343. The third-order valence-electron chi connectivity index (χ3n) is 4.51. The number of carbonyl (C=O) groups excluding carboxylic acids is 1. The number of hydrogen-bond acceptors (Lipinski definition) is 7.